The first kappa shape index (κ1) is 17.7. The minimum Gasteiger partial charge on any atom is -0.490 e. The highest BCUT2D eigenvalue weighted by atomic mass is 19.2. The lowest BCUT2D eigenvalue weighted by Gasteiger charge is -2.22. The molecule has 0 N–H and O–H groups in total. The van der Waals surface area contributed by atoms with Gasteiger partial charge in [-0.15, -0.1) is 6.58 Å². The molecular formula is C22H24F2O. The summed E-state index contributed by atoms with van der Waals surface area (Å²) in [5.41, 5.74) is 2.26. The predicted octanol–water partition coefficient (Wildman–Crippen LogP) is 6.63. The summed E-state index contributed by atoms with van der Waals surface area (Å²) in [6.07, 6.45) is 8.58. The summed E-state index contributed by atoms with van der Waals surface area (Å²) in [5, 5.41) is 0. The Morgan fingerprint density at radius 1 is 0.960 bits per heavy atom. The molecule has 1 aliphatic carbocycles. The summed E-state index contributed by atoms with van der Waals surface area (Å²) in [5.74, 6) is -1.24. The van der Waals surface area contributed by atoms with Crippen molar-refractivity contribution in [3.8, 4) is 16.9 Å². The molecule has 132 valence electrons. The van der Waals surface area contributed by atoms with Crippen molar-refractivity contribution in [1.82, 2.24) is 0 Å². The minimum absolute atomic E-state index is 0.0538. The van der Waals surface area contributed by atoms with Crippen LogP contribution in [0.25, 0.3) is 11.1 Å². The van der Waals surface area contributed by atoms with Gasteiger partial charge in [0, 0.05) is 5.56 Å². The van der Waals surface area contributed by atoms with E-state index >= 15 is 0 Å². The van der Waals surface area contributed by atoms with E-state index in [1.807, 2.05) is 12.1 Å². The van der Waals surface area contributed by atoms with E-state index < -0.39 is 11.6 Å². The molecule has 1 saturated carbocycles. The smallest absolute Gasteiger partial charge is 0.201 e. The molecule has 0 atom stereocenters. The SMILES string of the molecule is C=CCCOc1ccc(-c2ccc(C3CCCCC3)cc2)c(F)c1F. The van der Waals surface area contributed by atoms with E-state index in [2.05, 4.69) is 18.7 Å². The fourth-order valence-electron chi connectivity index (χ4n) is 3.49. The van der Waals surface area contributed by atoms with Crippen molar-refractivity contribution in [3.05, 3.63) is 66.3 Å². The molecule has 0 aromatic heterocycles. The van der Waals surface area contributed by atoms with Crippen molar-refractivity contribution in [2.75, 3.05) is 6.61 Å². The van der Waals surface area contributed by atoms with E-state index in [0.717, 1.165) is 0 Å². The first-order chi connectivity index (χ1) is 12.2. The van der Waals surface area contributed by atoms with Gasteiger partial charge in [-0.3, -0.25) is 0 Å². The molecule has 0 heterocycles. The van der Waals surface area contributed by atoms with E-state index in [9.17, 15) is 8.78 Å². The zero-order chi connectivity index (χ0) is 17.6. The topological polar surface area (TPSA) is 9.23 Å². The monoisotopic (exact) mass is 342 g/mol. The van der Waals surface area contributed by atoms with E-state index in [-0.39, 0.29) is 17.9 Å². The highest BCUT2D eigenvalue weighted by Crippen LogP contribution is 2.35. The molecule has 1 fully saturated rings. The number of hydrogen-bond donors (Lipinski definition) is 0. The lowest BCUT2D eigenvalue weighted by atomic mass is 9.83. The molecule has 3 heteroatoms. The Kier molecular flexibility index (Phi) is 5.85. The summed E-state index contributed by atoms with van der Waals surface area (Å²) >= 11 is 0. The first-order valence-corrected chi connectivity index (χ1v) is 9.02. The van der Waals surface area contributed by atoms with Gasteiger partial charge in [0.15, 0.2) is 11.6 Å². The molecule has 25 heavy (non-hydrogen) atoms. The summed E-state index contributed by atoms with van der Waals surface area (Å²) < 4.78 is 33.9. The maximum atomic E-state index is 14.4. The van der Waals surface area contributed by atoms with Crippen LogP contribution in [0.5, 0.6) is 5.75 Å². The maximum Gasteiger partial charge on any atom is 0.201 e. The van der Waals surface area contributed by atoms with Gasteiger partial charge in [0.05, 0.1) is 6.61 Å². The third-order valence-electron chi connectivity index (χ3n) is 4.92. The molecule has 2 aromatic rings. The number of ether oxygens (including phenoxy) is 1. The Morgan fingerprint density at radius 2 is 1.68 bits per heavy atom. The van der Waals surface area contributed by atoms with E-state index in [0.29, 0.717) is 17.9 Å². The molecule has 0 bridgehead atoms. The number of rotatable bonds is 6. The van der Waals surface area contributed by atoms with E-state index in [4.69, 9.17) is 4.74 Å². The summed E-state index contributed by atoms with van der Waals surface area (Å²) in [4.78, 5) is 0. The van der Waals surface area contributed by atoms with E-state index in [1.54, 1.807) is 12.1 Å². The first-order valence-electron chi connectivity index (χ1n) is 9.02. The largest absolute Gasteiger partial charge is 0.490 e. The Balaban J connectivity index is 1.79. The van der Waals surface area contributed by atoms with Crippen LogP contribution < -0.4 is 4.74 Å². The van der Waals surface area contributed by atoms with Gasteiger partial charge in [0.25, 0.3) is 0 Å². The lowest BCUT2D eigenvalue weighted by molar-refractivity contribution is 0.302. The fourth-order valence-corrected chi connectivity index (χ4v) is 3.49. The Hall–Kier alpha value is -2.16. The fraction of sp³-hybridized carbons (Fsp3) is 0.364. The Morgan fingerprint density at radius 3 is 2.36 bits per heavy atom. The lowest BCUT2D eigenvalue weighted by Crippen LogP contribution is -2.04. The van der Waals surface area contributed by atoms with E-state index in [1.165, 1.54) is 43.7 Å². The van der Waals surface area contributed by atoms with Gasteiger partial charge in [-0.05, 0) is 48.4 Å². The molecule has 0 radical (unpaired) electrons. The average Bonchev–Trinajstić information content (AvgIpc) is 2.66. The molecular weight excluding hydrogens is 318 g/mol. The normalized spacial score (nSPS) is 15.1. The van der Waals surface area contributed by atoms with Gasteiger partial charge >= 0.3 is 0 Å². The zero-order valence-electron chi connectivity index (χ0n) is 14.4. The maximum absolute atomic E-state index is 14.4. The van der Waals surface area contributed by atoms with Crippen LogP contribution in [0, 0.1) is 11.6 Å². The van der Waals surface area contributed by atoms with Crippen LogP contribution in [-0.4, -0.2) is 6.61 Å². The van der Waals surface area contributed by atoms with Gasteiger partial charge in [0.1, 0.15) is 0 Å². The van der Waals surface area contributed by atoms with Crippen LogP contribution in [0.2, 0.25) is 0 Å². The average molecular weight is 342 g/mol. The molecule has 3 rings (SSSR count). The van der Waals surface area contributed by atoms with Crippen LogP contribution in [0.1, 0.15) is 50.0 Å². The Bertz CT molecular complexity index is 716. The molecule has 1 nitrogen and oxygen atoms in total. The van der Waals surface area contributed by atoms with Gasteiger partial charge in [-0.2, -0.15) is 4.39 Å². The van der Waals surface area contributed by atoms with Crippen LogP contribution in [0.4, 0.5) is 8.78 Å². The third kappa shape index (κ3) is 4.09. The van der Waals surface area contributed by atoms with Crippen LogP contribution in [0.3, 0.4) is 0 Å². The van der Waals surface area contributed by atoms with Crippen molar-refractivity contribution in [1.29, 1.82) is 0 Å². The molecule has 0 saturated heterocycles. The number of halogens is 2. The molecule has 0 spiro atoms. The summed E-state index contributed by atoms with van der Waals surface area (Å²) in [7, 11) is 0. The molecule has 0 amide bonds. The predicted molar refractivity (Wildman–Crippen MR) is 97.9 cm³/mol. The van der Waals surface area contributed by atoms with Gasteiger partial charge in [0.2, 0.25) is 5.82 Å². The number of benzene rings is 2. The van der Waals surface area contributed by atoms with Crippen LogP contribution in [0.15, 0.2) is 49.1 Å². The molecule has 1 aliphatic rings. The van der Waals surface area contributed by atoms with Crippen LogP contribution in [-0.2, 0) is 0 Å². The van der Waals surface area contributed by atoms with Gasteiger partial charge in [-0.1, -0.05) is 49.6 Å². The van der Waals surface area contributed by atoms with Crippen molar-refractivity contribution in [2.45, 2.75) is 44.4 Å². The molecule has 2 aromatic carbocycles. The second-order valence-corrected chi connectivity index (χ2v) is 6.62. The van der Waals surface area contributed by atoms with Crippen molar-refractivity contribution >= 4 is 0 Å². The Labute approximate surface area is 148 Å². The second kappa shape index (κ2) is 8.28. The standard InChI is InChI=1S/C22H24F2O/c1-2-3-15-25-20-14-13-19(21(23)22(20)24)18-11-9-17(10-12-18)16-7-5-4-6-8-16/h2,9-14,16H,1,3-8,15H2. The third-order valence-corrected chi connectivity index (χ3v) is 4.92. The molecule has 0 aliphatic heterocycles. The summed E-state index contributed by atoms with van der Waals surface area (Å²) in [6, 6.07) is 11.0. The van der Waals surface area contributed by atoms with Gasteiger partial charge < -0.3 is 4.74 Å². The minimum atomic E-state index is -0.932. The molecule has 0 unspecified atom stereocenters. The second-order valence-electron chi connectivity index (χ2n) is 6.62. The number of hydrogen-bond acceptors (Lipinski definition) is 1. The van der Waals surface area contributed by atoms with Crippen molar-refractivity contribution < 1.29 is 13.5 Å². The zero-order valence-corrected chi connectivity index (χ0v) is 14.4. The van der Waals surface area contributed by atoms with Crippen molar-refractivity contribution in [3.63, 3.8) is 0 Å². The highest BCUT2D eigenvalue weighted by Gasteiger charge is 2.18. The quantitative estimate of drug-likeness (QED) is 0.422. The summed E-state index contributed by atoms with van der Waals surface area (Å²) in [6.45, 7) is 3.87. The highest BCUT2D eigenvalue weighted by molar-refractivity contribution is 5.65. The van der Waals surface area contributed by atoms with Gasteiger partial charge in [-0.25, -0.2) is 4.39 Å². The van der Waals surface area contributed by atoms with Crippen molar-refractivity contribution in [2.24, 2.45) is 0 Å². The van der Waals surface area contributed by atoms with Crippen LogP contribution >= 0.6 is 0 Å².